The Kier molecular flexibility index (Phi) is 7.39. The predicted molar refractivity (Wildman–Crippen MR) is 102 cm³/mol. The summed E-state index contributed by atoms with van der Waals surface area (Å²) in [7, 11) is -3.74. The molecule has 2 rings (SSSR count). The number of ether oxygens (including phenoxy) is 1. The van der Waals surface area contributed by atoms with Gasteiger partial charge in [0.05, 0.1) is 15.5 Å². The lowest BCUT2D eigenvalue weighted by Gasteiger charge is -2.16. The number of carbonyl (C=O) groups excluding carboxylic acids is 3. The van der Waals surface area contributed by atoms with Crippen LogP contribution >= 0.6 is 11.6 Å². The van der Waals surface area contributed by atoms with Gasteiger partial charge in [-0.05, 0) is 44.9 Å². The Balaban J connectivity index is 2.05. The van der Waals surface area contributed by atoms with Gasteiger partial charge >= 0.3 is 12.0 Å². The van der Waals surface area contributed by atoms with E-state index in [9.17, 15) is 22.8 Å². The second kappa shape index (κ2) is 9.35. The molecule has 2 N–H and O–H groups in total. The van der Waals surface area contributed by atoms with E-state index in [1.165, 1.54) is 16.4 Å². The minimum atomic E-state index is -3.74. The maximum absolute atomic E-state index is 12.6. The molecule has 0 atom stereocenters. The van der Waals surface area contributed by atoms with Gasteiger partial charge in [0.15, 0.2) is 6.61 Å². The van der Waals surface area contributed by atoms with Crippen molar-refractivity contribution in [2.24, 2.45) is 0 Å². The lowest BCUT2D eigenvalue weighted by molar-refractivity contribution is -0.123. The molecule has 1 aromatic rings. The number of urea groups is 1. The Morgan fingerprint density at radius 3 is 2.46 bits per heavy atom. The summed E-state index contributed by atoms with van der Waals surface area (Å²) in [6.45, 7) is 3.56. The van der Waals surface area contributed by atoms with Gasteiger partial charge in [-0.25, -0.2) is 18.0 Å². The highest BCUT2D eigenvalue weighted by molar-refractivity contribution is 7.89. The van der Waals surface area contributed by atoms with Gasteiger partial charge in [0.2, 0.25) is 10.0 Å². The summed E-state index contributed by atoms with van der Waals surface area (Å²) in [5.74, 6) is -1.80. The second-order valence-corrected chi connectivity index (χ2v) is 8.85. The molecule has 0 aliphatic carbocycles. The molecule has 0 bridgehead atoms. The summed E-state index contributed by atoms with van der Waals surface area (Å²) in [4.78, 5) is 35.3. The van der Waals surface area contributed by atoms with Gasteiger partial charge in [-0.1, -0.05) is 11.6 Å². The van der Waals surface area contributed by atoms with E-state index in [4.69, 9.17) is 16.3 Å². The van der Waals surface area contributed by atoms with Crippen LogP contribution in [-0.4, -0.2) is 56.4 Å². The molecule has 28 heavy (non-hydrogen) atoms. The first-order valence-electron chi connectivity index (χ1n) is 8.68. The van der Waals surface area contributed by atoms with E-state index in [0.717, 1.165) is 18.9 Å². The molecule has 1 aliphatic rings. The number of rotatable bonds is 6. The molecule has 1 heterocycles. The number of imide groups is 1. The Bertz CT molecular complexity index is 866. The second-order valence-electron chi connectivity index (χ2n) is 6.51. The minimum Gasteiger partial charge on any atom is -0.452 e. The van der Waals surface area contributed by atoms with Crippen molar-refractivity contribution in [3.05, 3.63) is 28.8 Å². The third kappa shape index (κ3) is 5.66. The van der Waals surface area contributed by atoms with Crippen LogP contribution in [0.25, 0.3) is 0 Å². The smallest absolute Gasteiger partial charge is 0.340 e. The Morgan fingerprint density at radius 1 is 1.21 bits per heavy atom. The molecule has 3 amide bonds. The molecule has 0 saturated carbocycles. The first-order valence-corrected chi connectivity index (χ1v) is 10.5. The molecule has 9 nitrogen and oxygen atoms in total. The van der Waals surface area contributed by atoms with Crippen molar-refractivity contribution in [2.45, 2.75) is 37.6 Å². The number of carbonyl (C=O) groups is 3. The maximum Gasteiger partial charge on any atom is 0.340 e. The van der Waals surface area contributed by atoms with Crippen molar-refractivity contribution in [1.29, 1.82) is 0 Å². The van der Waals surface area contributed by atoms with Crippen molar-refractivity contribution in [3.8, 4) is 0 Å². The van der Waals surface area contributed by atoms with E-state index in [0.29, 0.717) is 13.1 Å². The monoisotopic (exact) mass is 431 g/mol. The zero-order valence-corrected chi connectivity index (χ0v) is 17.1. The number of nitrogens with one attached hydrogen (secondary N) is 2. The molecule has 1 saturated heterocycles. The topological polar surface area (TPSA) is 122 Å². The fourth-order valence-corrected chi connectivity index (χ4v) is 4.31. The van der Waals surface area contributed by atoms with Crippen LogP contribution in [0.1, 0.15) is 37.0 Å². The Hall–Kier alpha value is -2.17. The van der Waals surface area contributed by atoms with Crippen LogP contribution in [0.3, 0.4) is 0 Å². The normalized spacial score (nSPS) is 14.7. The van der Waals surface area contributed by atoms with Gasteiger partial charge < -0.3 is 10.1 Å². The van der Waals surface area contributed by atoms with E-state index in [-0.39, 0.29) is 21.5 Å². The zero-order valence-electron chi connectivity index (χ0n) is 15.5. The first kappa shape index (κ1) is 22.1. The minimum absolute atomic E-state index is 0.0108. The molecule has 1 fully saturated rings. The molecule has 0 spiro atoms. The summed E-state index contributed by atoms with van der Waals surface area (Å²) in [6, 6.07) is 2.84. The Morgan fingerprint density at radius 2 is 1.86 bits per heavy atom. The molecule has 154 valence electrons. The third-order valence-corrected chi connectivity index (χ3v) is 6.09. The average Bonchev–Trinajstić information content (AvgIpc) is 3.14. The number of nitrogens with zero attached hydrogens (tertiary/aromatic N) is 1. The summed E-state index contributed by atoms with van der Waals surface area (Å²) in [6.07, 6.45) is 1.56. The van der Waals surface area contributed by atoms with E-state index >= 15 is 0 Å². The average molecular weight is 432 g/mol. The lowest BCUT2D eigenvalue weighted by atomic mass is 10.2. The molecule has 1 aromatic carbocycles. The van der Waals surface area contributed by atoms with Gasteiger partial charge in [0.1, 0.15) is 0 Å². The van der Waals surface area contributed by atoms with Crippen molar-refractivity contribution >= 4 is 39.5 Å². The predicted octanol–water partition coefficient (Wildman–Crippen LogP) is 1.52. The SMILES string of the molecule is CC(C)NC(=O)NC(=O)COC(=O)c1cc(S(=O)(=O)N2CCCC2)ccc1Cl. The van der Waals surface area contributed by atoms with Gasteiger partial charge in [-0.3, -0.25) is 10.1 Å². The summed E-state index contributed by atoms with van der Waals surface area (Å²) in [5, 5.41) is 4.44. The van der Waals surface area contributed by atoms with Crippen LogP contribution in [0, 0.1) is 0 Å². The van der Waals surface area contributed by atoms with E-state index in [1.54, 1.807) is 13.8 Å². The molecule has 0 aromatic heterocycles. The number of hydrogen-bond donors (Lipinski definition) is 2. The number of amides is 3. The fraction of sp³-hybridized carbons (Fsp3) is 0.471. The van der Waals surface area contributed by atoms with Gasteiger partial charge in [0, 0.05) is 19.1 Å². The fourth-order valence-electron chi connectivity index (χ4n) is 2.57. The number of esters is 1. The summed E-state index contributed by atoms with van der Waals surface area (Å²) >= 11 is 5.98. The maximum atomic E-state index is 12.6. The molecule has 11 heteroatoms. The largest absolute Gasteiger partial charge is 0.452 e. The summed E-state index contributed by atoms with van der Waals surface area (Å²) < 4.78 is 31.4. The number of sulfonamides is 1. The first-order chi connectivity index (χ1) is 13.1. The van der Waals surface area contributed by atoms with Gasteiger partial charge in [-0.15, -0.1) is 0 Å². The number of hydrogen-bond acceptors (Lipinski definition) is 6. The molecule has 1 aliphatic heterocycles. The van der Waals surface area contributed by atoms with Crippen LogP contribution in [0.15, 0.2) is 23.1 Å². The van der Waals surface area contributed by atoms with Crippen LogP contribution in [-0.2, 0) is 19.6 Å². The van der Waals surface area contributed by atoms with E-state index < -0.39 is 34.5 Å². The quantitative estimate of drug-likeness (QED) is 0.658. The number of halogens is 1. The van der Waals surface area contributed by atoms with Crippen LogP contribution in [0.4, 0.5) is 4.79 Å². The van der Waals surface area contributed by atoms with Gasteiger partial charge in [-0.2, -0.15) is 4.31 Å². The van der Waals surface area contributed by atoms with Crippen molar-refractivity contribution in [2.75, 3.05) is 19.7 Å². The highest BCUT2D eigenvalue weighted by Crippen LogP contribution is 2.25. The highest BCUT2D eigenvalue weighted by atomic mass is 35.5. The van der Waals surface area contributed by atoms with E-state index in [1.807, 2.05) is 5.32 Å². The van der Waals surface area contributed by atoms with Crippen LogP contribution < -0.4 is 10.6 Å². The number of benzene rings is 1. The van der Waals surface area contributed by atoms with Crippen molar-refractivity contribution in [1.82, 2.24) is 14.9 Å². The molecule has 0 unspecified atom stereocenters. The van der Waals surface area contributed by atoms with Crippen LogP contribution in [0.2, 0.25) is 5.02 Å². The Labute approximate surface area is 168 Å². The molecular formula is C17H22ClN3O6S. The van der Waals surface area contributed by atoms with E-state index in [2.05, 4.69) is 5.32 Å². The molecular weight excluding hydrogens is 410 g/mol. The molecule has 0 radical (unpaired) electrons. The lowest BCUT2D eigenvalue weighted by Crippen LogP contribution is -2.44. The standard InChI is InChI=1S/C17H22ClN3O6S/c1-11(2)19-17(24)20-15(22)10-27-16(23)13-9-12(5-6-14(13)18)28(25,26)21-7-3-4-8-21/h5-6,9,11H,3-4,7-8,10H2,1-2H3,(H2,19,20,22,24). The third-order valence-electron chi connectivity index (χ3n) is 3.87. The highest BCUT2D eigenvalue weighted by Gasteiger charge is 2.28. The summed E-state index contributed by atoms with van der Waals surface area (Å²) in [5.41, 5.74) is -0.179. The van der Waals surface area contributed by atoms with Crippen molar-refractivity contribution < 1.29 is 27.5 Å². The van der Waals surface area contributed by atoms with Gasteiger partial charge in [0.25, 0.3) is 5.91 Å². The van der Waals surface area contributed by atoms with Crippen LogP contribution in [0.5, 0.6) is 0 Å². The zero-order chi connectivity index (χ0) is 20.9. The van der Waals surface area contributed by atoms with Crippen molar-refractivity contribution in [3.63, 3.8) is 0 Å².